The Kier molecular flexibility index (Phi) is 2.06. The summed E-state index contributed by atoms with van der Waals surface area (Å²) in [6, 6.07) is 0. The van der Waals surface area contributed by atoms with Gasteiger partial charge < -0.3 is 9.67 Å². The number of aromatic carboxylic acids is 1. The van der Waals surface area contributed by atoms with Crippen LogP contribution in [0.4, 0.5) is 0 Å². The summed E-state index contributed by atoms with van der Waals surface area (Å²) in [6.07, 6.45) is 4.60. The third-order valence-corrected chi connectivity index (χ3v) is 1.19. The summed E-state index contributed by atoms with van der Waals surface area (Å²) in [5, 5.41) is 8.46. The Morgan fingerprint density at radius 1 is 1.91 bits per heavy atom. The number of hydrogen-bond donors (Lipinski definition) is 1. The van der Waals surface area contributed by atoms with E-state index in [9.17, 15) is 4.79 Å². The molecule has 0 atom stereocenters. The molecule has 0 unspecified atom stereocenters. The van der Waals surface area contributed by atoms with Crippen molar-refractivity contribution in [1.82, 2.24) is 9.55 Å². The predicted molar refractivity (Wildman–Crippen MR) is 39.4 cm³/mol. The summed E-state index contributed by atoms with van der Waals surface area (Å²) < 4.78 is 1.65. The van der Waals surface area contributed by atoms with Gasteiger partial charge in [-0.25, -0.2) is 9.78 Å². The van der Waals surface area contributed by atoms with E-state index in [1.807, 2.05) is 0 Å². The van der Waals surface area contributed by atoms with E-state index in [0.717, 1.165) is 0 Å². The van der Waals surface area contributed by atoms with E-state index in [1.54, 1.807) is 10.6 Å². The summed E-state index contributed by atoms with van der Waals surface area (Å²) in [5.74, 6) is -1.01. The van der Waals surface area contributed by atoms with Gasteiger partial charge in [0.15, 0.2) is 5.69 Å². The zero-order valence-electron chi connectivity index (χ0n) is 5.90. The van der Waals surface area contributed by atoms with Gasteiger partial charge in [-0.15, -0.1) is 6.58 Å². The topological polar surface area (TPSA) is 55.1 Å². The molecule has 1 N–H and O–H groups in total. The Balaban J connectivity index is 2.81. The van der Waals surface area contributed by atoms with Crippen LogP contribution in [0.25, 0.3) is 0 Å². The molecule has 0 amide bonds. The maximum absolute atomic E-state index is 10.3. The van der Waals surface area contributed by atoms with Crippen LogP contribution in [0.2, 0.25) is 0 Å². The number of carboxylic acid groups (broad SMARTS) is 1. The van der Waals surface area contributed by atoms with Crippen molar-refractivity contribution in [3.05, 3.63) is 30.9 Å². The van der Waals surface area contributed by atoms with E-state index >= 15 is 0 Å². The van der Waals surface area contributed by atoms with Gasteiger partial charge in [-0.05, 0) is 0 Å². The summed E-state index contributed by atoms with van der Waals surface area (Å²) in [7, 11) is 0. The van der Waals surface area contributed by atoms with E-state index in [4.69, 9.17) is 5.11 Å². The molecular formula is C7H8N2O2. The van der Waals surface area contributed by atoms with E-state index < -0.39 is 5.97 Å². The van der Waals surface area contributed by atoms with E-state index in [-0.39, 0.29) is 5.69 Å². The number of carboxylic acids is 1. The second-order valence-electron chi connectivity index (χ2n) is 2.05. The minimum absolute atomic E-state index is 0.0619. The number of allylic oxidation sites excluding steroid dienone is 1. The Labute approximate surface area is 63.8 Å². The van der Waals surface area contributed by atoms with E-state index in [1.165, 1.54) is 12.5 Å². The molecule has 1 aromatic heterocycles. The second-order valence-corrected chi connectivity index (χ2v) is 2.05. The molecule has 0 aliphatic heterocycles. The first-order valence-electron chi connectivity index (χ1n) is 3.10. The van der Waals surface area contributed by atoms with Crippen LogP contribution in [0, 0.1) is 0 Å². The molecule has 0 aliphatic carbocycles. The maximum atomic E-state index is 10.3. The number of imidazole rings is 1. The molecule has 0 bridgehead atoms. The third kappa shape index (κ3) is 1.67. The van der Waals surface area contributed by atoms with Crippen LogP contribution in [0.15, 0.2) is 25.2 Å². The third-order valence-electron chi connectivity index (χ3n) is 1.19. The fourth-order valence-electron chi connectivity index (χ4n) is 0.719. The Hall–Kier alpha value is -1.58. The Morgan fingerprint density at radius 2 is 2.64 bits per heavy atom. The molecule has 0 aliphatic rings. The first-order valence-corrected chi connectivity index (χ1v) is 3.10. The van der Waals surface area contributed by atoms with Gasteiger partial charge in [0.2, 0.25) is 0 Å². The lowest BCUT2D eigenvalue weighted by Crippen LogP contribution is -1.95. The van der Waals surface area contributed by atoms with Gasteiger partial charge in [-0.2, -0.15) is 0 Å². The van der Waals surface area contributed by atoms with E-state index in [2.05, 4.69) is 11.6 Å². The molecule has 0 radical (unpaired) electrons. The molecule has 1 heterocycles. The van der Waals surface area contributed by atoms with Crippen LogP contribution in [-0.4, -0.2) is 20.6 Å². The lowest BCUT2D eigenvalue weighted by molar-refractivity contribution is 0.0691. The van der Waals surface area contributed by atoms with Crippen LogP contribution >= 0.6 is 0 Å². The molecule has 4 nitrogen and oxygen atoms in total. The second kappa shape index (κ2) is 3.01. The molecule has 1 rings (SSSR count). The van der Waals surface area contributed by atoms with Crippen LogP contribution in [0.3, 0.4) is 0 Å². The highest BCUT2D eigenvalue weighted by molar-refractivity contribution is 5.84. The van der Waals surface area contributed by atoms with Crippen molar-refractivity contribution in [2.24, 2.45) is 0 Å². The number of rotatable bonds is 3. The molecular weight excluding hydrogens is 144 g/mol. The van der Waals surface area contributed by atoms with Gasteiger partial charge in [-0.1, -0.05) is 6.08 Å². The van der Waals surface area contributed by atoms with E-state index in [0.29, 0.717) is 6.54 Å². The van der Waals surface area contributed by atoms with Crippen LogP contribution < -0.4 is 0 Å². The summed E-state index contributed by atoms with van der Waals surface area (Å²) in [4.78, 5) is 14.0. The average Bonchev–Trinajstić information content (AvgIpc) is 2.37. The number of hydrogen-bond acceptors (Lipinski definition) is 2. The molecule has 0 saturated carbocycles. The molecule has 0 fully saturated rings. The monoisotopic (exact) mass is 152 g/mol. The van der Waals surface area contributed by atoms with Crippen LogP contribution in [0.5, 0.6) is 0 Å². The van der Waals surface area contributed by atoms with Gasteiger partial charge in [0.1, 0.15) is 0 Å². The first-order chi connectivity index (χ1) is 5.24. The van der Waals surface area contributed by atoms with Crippen LogP contribution in [-0.2, 0) is 6.54 Å². The summed E-state index contributed by atoms with van der Waals surface area (Å²) in [5.41, 5.74) is 0.0619. The van der Waals surface area contributed by atoms with Crippen molar-refractivity contribution in [2.75, 3.05) is 0 Å². The molecule has 0 spiro atoms. The smallest absolute Gasteiger partial charge is 0.356 e. The largest absolute Gasteiger partial charge is 0.476 e. The summed E-state index contributed by atoms with van der Waals surface area (Å²) in [6.45, 7) is 4.10. The van der Waals surface area contributed by atoms with Crippen molar-refractivity contribution >= 4 is 5.97 Å². The van der Waals surface area contributed by atoms with Gasteiger partial charge in [0.05, 0.1) is 6.33 Å². The zero-order valence-corrected chi connectivity index (χ0v) is 5.90. The lowest BCUT2D eigenvalue weighted by atomic mass is 10.5. The standard InChI is InChI=1S/C7H8N2O2/c1-2-3-9-4-6(7(10)11)8-5-9/h2,4-5H,1,3H2,(H,10,11). The Bertz CT molecular complexity index is 278. The first kappa shape index (κ1) is 7.53. The minimum Gasteiger partial charge on any atom is -0.476 e. The lowest BCUT2D eigenvalue weighted by Gasteiger charge is -1.90. The molecule has 58 valence electrons. The van der Waals surface area contributed by atoms with Crippen molar-refractivity contribution in [3.8, 4) is 0 Å². The van der Waals surface area contributed by atoms with Gasteiger partial charge >= 0.3 is 5.97 Å². The van der Waals surface area contributed by atoms with Crippen molar-refractivity contribution in [3.63, 3.8) is 0 Å². The quantitative estimate of drug-likeness (QED) is 0.651. The SMILES string of the molecule is C=CCn1cnc(C(=O)O)c1. The predicted octanol–water partition coefficient (Wildman–Crippen LogP) is 0.767. The average molecular weight is 152 g/mol. The van der Waals surface area contributed by atoms with Gasteiger partial charge in [0, 0.05) is 12.7 Å². The molecule has 1 aromatic rings. The number of nitrogens with zero attached hydrogens (tertiary/aromatic N) is 2. The normalized spacial score (nSPS) is 9.45. The number of aromatic nitrogens is 2. The molecule has 0 saturated heterocycles. The highest BCUT2D eigenvalue weighted by Crippen LogP contribution is 1.95. The summed E-state index contributed by atoms with van der Waals surface area (Å²) >= 11 is 0. The highest BCUT2D eigenvalue weighted by Gasteiger charge is 2.04. The highest BCUT2D eigenvalue weighted by atomic mass is 16.4. The van der Waals surface area contributed by atoms with Gasteiger partial charge in [0.25, 0.3) is 0 Å². The Morgan fingerprint density at radius 3 is 3.09 bits per heavy atom. The fourth-order valence-corrected chi connectivity index (χ4v) is 0.719. The zero-order chi connectivity index (χ0) is 8.27. The van der Waals surface area contributed by atoms with Crippen LogP contribution in [0.1, 0.15) is 10.5 Å². The molecule has 0 aromatic carbocycles. The van der Waals surface area contributed by atoms with Crippen molar-refractivity contribution < 1.29 is 9.90 Å². The van der Waals surface area contributed by atoms with Crippen molar-refractivity contribution in [1.29, 1.82) is 0 Å². The number of carbonyl (C=O) groups is 1. The fraction of sp³-hybridized carbons (Fsp3) is 0.143. The molecule has 11 heavy (non-hydrogen) atoms. The van der Waals surface area contributed by atoms with Crippen molar-refractivity contribution in [2.45, 2.75) is 6.54 Å². The molecule has 4 heteroatoms. The maximum Gasteiger partial charge on any atom is 0.356 e. The minimum atomic E-state index is -1.01. The van der Waals surface area contributed by atoms with Gasteiger partial charge in [-0.3, -0.25) is 0 Å².